The van der Waals surface area contributed by atoms with Gasteiger partial charge in [0.2, 0.25) is 0 Å². The van der Waals surface area contributed by atoms with Crippen molar-refractivity contribution in [1.29, 1.82) is 5.41 Å². The Labute approximate surface area is 101 Å². The second-order valence-corrected chi connectivity index (χ2v) is 5.99. The van der Waals surface area contributed by atoms with Crippen molar-refractivity contribution in [2.45, 2.75) is 32.7 Å². The van der Waals surface area contributed by atoms with Gasteiger partial charge in [-0.3, -0.25) is 4.99 Å². The SMILES string of the molecule is CSC1=CC(=N)C=C2C1=NC(C)(C)CC2C. The average molecular weight is 234 g/mol. The molecule has 0 radical (unpaired) electrons. The van der Waals surface area contributed by atoms with E-state index in [0.717, 1.165) is 17.0 Å². The lowest BCUT2D eigenvalue weighted by Crippen LogP contribution is -2.33. The lowest BCUT2D eigenvalue weighted by Gasteiger charge is -2.35. The van der Waals surface area contributed by atoms with Crippen LogP contribution in [0.25, 0.3) is 0 Å². The molecule has 0 fully saturated rings. The van der Waals surface area contributed by atoms with E-state index in [-0.39, 0.29) is 5.54 Å². The van der Waals surface area contributed by atoms with Crippen LogP contribution >= 0.6 is 11.8 Å². The highest BCUT2D eigenvalue weighted by Gasteiger charge is 2.33. The maximum Gasteiger partial charge on any atom is 0.0752 e. The van der Waals surface area contributed by atoms with Gasteiger partial charge in [0.25, 0.3) is 0 Å². The Morgan fingerprint density at radius 1 is 1.44 bits per heavy atom. The second kappa shape index (κ2) is 3.88. The largest absolute Gasteiger partial charge is 0.301 e. The number of rotatable bonds is 1. The minimum absolute atomic E-state index is 0.0282. The molecule has 3 heteroatoms. The van der Waals surface area contributed by atoms with Crippen molar-refractivity contribution in [3.63, 3.8) is 0 Å². The smallest absolute Gasteiger partial charge is 0.0752 e. The maximum absolute atomic E-state index is 7.81. The first-order valence-corrected chi connectivity index (χ1v) is 6.82. The van der Waals surface area contributed by atoms with Gasteiger partial charge in [-0.2, -0.15) is 0 Å². The molecule has 1 aliphatic carbocycles. The molecule has 0 saturated heterocycles. The van der Waals surface area contributed by atoms with E-state index in [1.165, 1.54) is 5.57 Å². The third-order valence-electron chi connectivity index (χ3n) is 3.08. The van der Waals surface area contributed by atoms with Crippen molar-refractivity contribution in [2.24, 2.45) is 10.9 Å². The Hall–Kier alpha value is -0.830. The fourth-order valence-electron chi connectivity index (χ4n) is 2.49. The second-order valence-electron chi connectivity index (χ2n) is 5.15. The van der Waals surface area contributed by atoms with Gasteiger partial charge in [0.15, 0.2) is 0 Å². The lowest BCUT2D eigenvalue weighted by molar-refractivity contribution is 0.406. The summed E-state index contributed by atoms with van der Waals surface area (Å²) in [5.41, 5.74) is 2.99. The zero-order chi connectivity index (χ0) is 11.9. The first kappa shape index (κ1) is 11.6. The van der Waals surface area contributed by atoms with Gasteiger partial charge in [0.1, 0.15) is 0 Å². The van der Waals surface area contributed by atoms with Crippen molar-refractivity contribution in [1.82, 2.24) is 0 Å². The van der Waals surface area contributed by atoms with E-state index < -0.39 is 0 Å². The summed E-state index contributed by atoms with van der Waals surface area (Å²) in [6.07, 6.45) is 7.01. The molecule has 2 nitrogen and oxygen atoms in total. The summed E-state index contributed by atoms with van der Waals surface area (Å²) in [5.74, 6) is 0.499. The summed E-state index contributed by atoms with van der Waals surface area (Å²) in [5, 5.41) is 7.81. The summed E-state index contributed by atoms with van der Waals surface area (Å²) in [6, 6.07) is 0. The number of nitrogens with zero attached hydrogens (tertiary/aromatic N) is 1. The molecule has 0 spiro atoms. The number of thioether (sulfide) groups is 1. The summed E-state index contributed by atoms with van der Waals surface area (Å²) in [7, 11) is 0. The molecule has 1 aliphatic heterocycles. The van der Waals surface area contributed by atoms with Crippen molar-refractivity contribution in [3.8, 4) is 0 Å². The Bertz CT molecular complexity index is 427. The van der Waals surface area contributed by atoms with Crippen LogP contribution in [0.4, 0.5) is 0 Å². The van der Waals surface area contributed by atoms with Crippen LogP contribution in [-0.2, 0) is 0 Å². The summed E-state index contributed by atoms with van der Waals surface area (Å²) < 4.78 is 0. The molecule has 0 saturated carbocycles. The zero-order valence-electron chi connectivity index (χ0n) is 10.3. The van der Waals surface area contributed by atoms with E-state index in [1.807, 2.05) is 12.2 Å². The van der Waals surface area contributed by atoms with Crippen LogP contribution in [0.5, 0.6) is 0 Å². The predicted octanol–water partition coefficient (Wildman–Crippen LogP) is 3.45. The average Bonchev–Trinajstić information content (AvgIpc) is 2.17. The number of fused-ring (bicyclic) bond motifs is 1. The van der Waals surface area contributed by atoms with Gasteiger partial charge in [-0.25, -0.2) is 0 Å². The van der Waals surface area contributed by atoms with Crippen molar-refractivity contribution < 1.29 is 0 Å². The summed E-state index contributed by atoms with van der Waals surface area (Å²) in [4.78, 5) is 5.98. The summed E-state index contributed by atoms with van der Waals surface area (Å²) >= 11 is 1.69. The van der Waals surface area contributed by atoms with Gasteiger partial charge >= 0.3 is 0 Å². The fraction of sp³-hybridized carbons (Fsp3) is 0.538. The first-order chi connectivity index (χ1) is 7.43. The van der Waals surface area contributed by atoms with Crippen molar-refractivity contribution in [3.05, 3.63) is 22.6 Å². The van der Waals surface area contributed by atoms with E-state index >= 15 is 0 Å². The standard InChI is InChI=1S/C13H18N2S/c1-8-7-13(2,3)15-12-10(8)5-9(14)6-11(12)16-4/h5-6,8,14H,7H2,1-4H3. The predicted molar refractivity (Wildman–Crippen MR) is 72.7 cm³/mol. The molecule has 86 valence electrons. The highest BCUT2D eigenvalue weighted by molar-refractivity contribution is 8.03. The minimum atomic E-state index is 0.0282. The van der Waals surface area contributed by atoms with Crippen LogP contribution in [0.15, 0.2) is 27.6 Å². The molecule has 0 aromatic carbocycles. The molecule has 0 bridgehead atoms. The Morgan fingerprint density at radius 3 is 2.75 bits per heavy atom. The molecule has 0 aromatic rings. The summed E-state index contributed by atoms with van der Waals surface area (Å²) in [6.45, 7) is 6.61. The third kappa shape index (κ3) is 2.01. The van der Waals surface area contributed by atoms with Crippen LogP contribution in [0, 0.1) is 11.3 Å². The van der Waals surface area contributed by atoms with Crippen LogP contribution in [0.2, 0.25) is 0 Å². The monoisotopic (exact) mass is 234 g/mol. The Kier molecular flexibility index (Phi) is 2.82. The first-order valence-electron chi connectivity index (χ1n) is 5.59. The van der Waals surface area contributed by atoms with Gasteiger partial charge in [-0.15, -0.1) is 11.8 Å². The molecule has 16 heavy (non-hydrogen) atoms. The normalized spacial score (nSPS) is 27.9. The van der Waals surface area contributed by atoms with Crippen molar-refractivity contribution >= 4 is 23.2 Å². The number of nitrogens with one attached hydrogen (secondary N) is 1. The number of hydrogen-bond donors (Lipinski definition) is 1. The van der Waals surface area contributed by atoms with Crippen LogP contribution in [0.3, 0.4) is 0 Å². The lowest BCUT2D eigenvalue weighted by atomic mass is 9.79. The maximum atomic E-state index is 7.81. The Balaban J connectivity index is 2.52. The minimum Gasteiger partial charge on any atom is -0.301 e. The molecule has 0 amide bonds. The van der Waals surface area contributed by atoms with Crippen LogP contribution in [-0.4, -0.2) is 23.2 Å². The third-order valence-corrected chi connectivity index (χ3v) is 3.83. The van der Waals surface area contributed by atoms with Crippen LogP contribution in [0.1, 0.15) is 27.2 Å². The van der Waals surface area contributed by atoms with Gasteiger partial charge in [0.05, 0.1) is 17.0 Å². The molecule has 1 atom stereocenters. The molecule has 1 heterocycles. The molecule has 0 aromatic heterocycles. The van der Waals surface area contributed by atoms with Crippen LogP contribution < -0.4 is 0 Å². The molecule has 1 unspecified atom stereocenters. The molecule has 2 aliphatic rings. The topological polar surface area (TPSA) is 36.2 Å². The van der Waals surface area contributed by atoms with Crippen molar-refractivity contribution in [2.75, 3.05) is 6.26 Å². The Morgan fingerprint density at radius 2 is 2.12 bits per heavy atom. The number of aliphatic imine (C=N–C) groups is 1. The van der Waals surface area contributed by atoms with E-state index in [0.29, 0.717) is 11.6 Å². The molecular formula is C13H18N2S. The highest BCUT2D eigenvalue weighted by Crippen LogP contribution is 2.37. The van der Waals surface area contributed by atoms with E-state index in [2.05, 4.69) is 27.0 Å². The number of hydrogen-bond acceptors (Lipinski definition) is 3. The molecule has 1 N–H and O–H groups in total. The van der Waals surface area contributed by atoms with E-state index in [9.17, 15) is 0 Å². The number of allylic oxidation sites excluding steroid dienone is 4. The zero-order valence-corrected chi connectivity index (χ0v) is 11.1. The molecular weight excluding hydrogens is 216 g/mol. The van der Waals surface area contributed by atoms with Gasteiger partial charge < -0.3 is 5.41 Å². The fourth-order valence-corrected chi connectivity index (χ4v) is 3.09. The highest BCUT2D eigenvalue weighted by atomic mass is 32.2. The molecule has 2 rings (SSSR count). The van der Waals surface area contributed by atoms with Gasteiger partial charge in [-0.05, 0) is 50.2 Å². The quantitative estimate of drug-likeness (QED) is 0.693. The van der Waals surface area contributed by atoms with E-state index in [4.69, 9.17) is 10.4 Å². The van der Waals surface area contributed by atoms with E-state index in [1.54, 1.807) is 11.8 Å². The van der Waals surface area contributed by atoms with Gasteiger partial charge in [-0.1, -0.05) is 6.92 Å². The van der Waals surface area contributed by atoms with Gasteiger partial charge in [0, 0.05) is 4.91 Å².